The Bertz CT molecular complexity index is 322. The van der Waals surface area contributed by atoms with E-state index in [2.05, 4.69) is 5.73 Å². The molecule has 1 unspecified atom stereocenters. The molecule has 0 saturated heterocycles. The molecule has 1 aromatic rings. The van der Waals surface area contributed by atoms with Crippen molar-refractivity contribution >= 4 is 12.1 Å². The van der Waals surface area contributed by atoms with Gasteiger partial charge in [0.1, 0.15) is 6.04 Å². The average molecular weight is 212 g/mol. The van der Waals surface area contributed by atoms with E-state index in [4.69, 9.17) is 20.7 Å². The number of nitrogens with two attached hydrogens (primary N) is 2. The van der Waals surface area contributed by atoms with Gasteiger partial charge in [-0.3, -0.25) is 4.79 Å². The number of aliphatic carboxylic acids is 1. The van der Waals surface area contributed by atoms with Crippen molar-refractivity contribution in [3.05, 3.63) is 35.9 Å². The first-order chi connectivity index (χ1) is 6.95. The minimum Gasteiger partial charge on any atom is -0.480 e. The van der Waals surface area contributed by atoms with Crippen LogP contribution in [0.25, 0.3) is 0 Å². The molecule has 0 radical (unpaired) electrons. The fraction of sp³-hybridized carbons (Fsp3) is 0.111. The Kier molecular flexibility index (Phi) is 5.50. The van der Waals surface area contributed by atoms with Gasteiger partial charge >= 0.3 is 12.1 Å². The van der Waals surface area contributed by atoms with Crippen molar-refractivity contribution in [1.82, 2.24) is 0 Å². The second-order valence-corrected chi connectivity index (χ2v) is 2.56. The molecule has 0 aliphatic carbocycles. The molecule has 0 aliphatic heterocycles. The van der Waals surface area contributed by atoms with E-state index in [0.29, 0.717) is 5.56 Å². The Hall–Kier alpha value is -2.08. The molecule has 6 heteroatoms. The summed E-state index contributed by atoms with van der Waals surface area (Å²) in [5.74, 6) is -1.00. The maximum atomic E-state index is 10.4. The monoisotopic (exact) mass is 212 g/mol. The normalized spacial score (nSPS) is 10.7. The van der Waals surface area contributed by atoms with Gasteiger partial charge in [0, 0.05) is 0 Å². The van der Waals surface area contributed by atoms with Crippen LogP contribution in [0.4, 0.5) is 4.79 Å². The van der Waals surface area contributed by atoms with Crippen molar-refractivity contribution in [3.8, 4) is 0 Å². The summed E-state index contributed by atoms with van der Waals surface area (Å²) >= 11 is 0. The molecule has 0 aromatic heterocycles. The molecule has 0 saturated carbocycles. The topological polar surface area (TPSA) is 127 Å². The van der Waals surface area contributed by atoms with Crippen molar-refractivity contribution in [2.75, 3.05) is 0 Å². The van der Waals surface area contributed by atoms with E-state index >= 15 is 0 Å². The van der Waals surface area contributed by atoms with Crippen LogP contribution in [-0.4, -0.2) is 22.3 Å². The van der Waals surface area contributed by atoms with Gasteiger partial charge in [-0.2, -0.15) is 0 Å². The zero-order valence-corrected chi connectivity index (χ0v) is 7.83. The first-order valence-electron chi connectivity index (χ1n) is 3.97. The lowest BCUT2D eigenvalue weighted by molar-refractivity contribution is -0.138. The van der Waals surface area contributed by atoms with Gasteiger partial charge in [0.05, 0.1) is 0 Å². The smallest absolute Gasteiger partial charge is 0.402 e. The zero-order chi connectivity index (χ0) is 11.8. The molecule has 0 aliphatic rings. The van der Waals surface area contributed by atoms with E-state index < -0.39 is 18.1 Å². The first-order valence-corrected chi connectivity index (χ1v) is 3.97. The SMILES string of the molecule is NC(=O)O.NC(C(=O)O)c1ccccc1. The molecule has 6 nitrogen and oxygen atoms in total. The fourth-order valence-corrected chi connectivity index (χ4v) is 0.803. The van der Waals surface area contributed by atoms with Gasteiger partial charge in [-0.05, 0) is 5.56 Å². The van der Waals surface area contributed by atoms with Crippen LogP contribution in [0, 0.1) is 0 Å². The summed E-state index contributed by atoms with van der Waals surface area (Å²) < 4.78 is 0. The number of rotatable bonds is 2. The van der Waals surface area contributed by atoms with Crippen LogP contribution in [0.1, 0.15) is 11.6 Å². The molecule has 15 heavy (non-hydrogen) atoms. The minimum absolute atomic E-state index is 0.625. The van der Waals surface area contributed by atoms with E-state index in [9.17, 15) is 4.79 Å². The molecule has 0 spiro atoms. The van der Waals surface area contributed by atoms with E-state index in [1.54, 1.807) is 24.3 Å². The molecule has 1 aromatic carbocycles. The van der Waals surface area contributed by atoms with Crippen molar-refractivity contribution in [1.29, 1.82) is 0 Å². The van der Waals surface area contributed by atoms with E-state index in [0.717, 1.165) is 0 Å². The lowest BCUT2D eigenvalue weighted by Crippen LogP contribution is -2.20. The van der Waals surface area contributed by atoms with E-state index in [1.807, 2.05) is 6.07 Å². The van der Waals surface area contributed by atoms with Gasteiger partial charge in [0.2, 0.25) is 0 Å². The van der Waals surface area contributed by atoms with Crippen LogP contribution < -0.4 is 11.5 Å². The fourth-order valence-electron chi connectivity index (χ4n) is 0.803. The molecule has 1 amide bonds. The Morgan fingerprint density at radius 1 is 1.13 bits per heavy atom. The third-order valence-corrected chi connectivity index (χ3v) is 1.42. The third-order valence-electron chi connectivity index (χ3n) is 1.42. The van der Waals surface area contributed by atoms with Crippen molar-refractivity contribution in [3.63, 3.8) is 0 Å². The largest absolute Gasteiger partial charge is 0.480 e. The summed E-state index contributed by atoms with van der Waals surface area (Å²) in [5, 5.41) is 15.7. The quantitative estimate of drug-likeness (QED) is 0.564. The highest BCUT2D eigenvalue weighted by molar-refractivity contribution is 5.75. The third kappa shape index (κ3) is 6.05. The van der Waals surface area contributed by atoms with Crippen LogP contribution in [0.15, 0.2) is 30.3 Å². The standard InChI is InChI=1S/C8H9NO2.CH3NO2/c9-7(8(10)11)6-4-2-1-3-5-6;2-1(3)4/h1-5,7H,9H2,(H,10,11);2H2,(H,3,4). The van der Waals surface area contributed by atoms with Crippen molar-refractivity contribution in [2.24, 2.45) is 11.5 Å². The number of carbonyl (C=O) groups is 2. The molecule has 1 rings (SSSR count). The molecule has 0 bridgehead atoms. The van der Waals surface area contributed by atoms with Crippen LogP contribution >= 0.6 is 0 Å². The van der Waals surface area contributed by atoms with E-state index in [1.165, 1.54) is 0 Å². The second kappa shape index (κ2) is 6.39. The second-order valence-electron chi connectivity index (χ2n) is 2.56. The number of carboxylic acid groups (broad SMARTS) is 2. The predicted octanol–water partition coefficient (Wildman–Crippen LogP) is 0.394. The Morgan fingerprint density at radius 2 is 1.53 bits per heavy atom. The lowest BCUT2D eigenvalue weighted by atomic mass is 10.1. The number of carboxylic acids is 1. The molecule has 0 fully saturated rings. The van der Waals surface area contributed by atoms with Crippen molar-refractivity contribution < 1.29 is 19.8 Å². The first kappa shape index (κ1) is 12.9. The maximum Gasteiger partial charge on any atom is 0.402 e. The van der Waals surface area contributed by atoms with Crippen LogP contribution in [0.2, 0.25) is 0 Å². The zero-order valence-electron chi connectivity index (χ0n) is 7.83. The van der Waals surface area contributed by atoms with Gasteiger partial charge < -0.3 is 21.7 Å². The summed E-state index contributed by atoms with van der Waals surface area (Å²) in [4.78, 5) is 19.2. The summed E-state index contributed by atoms with van der Waals surface area (Å²) in [6.45, 7) is 0. The summed E-state index contributed by atoms with van der Waals surface area (Å²) in [7, 11) is 0. The Morgan fingerprint density at radius 3 is 1.87 bits per heavy atom. The molecule has 1 atom stereocenters. The molecule has 6 N–H and O–H groups in total. The van der Waals surface area contributed by atoms with Gasteiger partial charge in [-0.1, -0.05) is 30.3 Å². The number of hydrogen-bond donors (Lipinski definition) is 4. The number of primary amides is 1. The number of hydrogen-bond acceptors (Lipinski definition) is 3. The molecular weight excluding hydrogens is 200 g/mol. The highest BCUT2D eigenvalue weighted by atomic mass is 16.4. The number of amides is 1. The van der Waals surface area contributed by atoms with Crippen LogP contribution in [-0.2, 0) is 4.79 Å². The summed E-state index contributed by atoms with van der Waals surface area (Å²) in [5.41, 5.74) is 9.99. The summed E-state index contributed by atoms with van der Waals surface area (Å²) in [6.07, 6.45) is -1.33. The average Bonchev–Trinajstić information content (AvgIpc) is 2.17. The van der Waals surface area contributed by atoms with Gasteiger partial charge in [-0.25, -0.2) is 4.79 Å². The van der Waals surface area contributed by atoms with Crippen LogP contribution in [0.5, 0.6) is 0 Å². The van der Waals surface area contributed by atoms with Crippen molar-refractivity contribution in [2.45, 2.75) is 6.04 Å². The highest BCUT2D eigenvalue weighted by Crippen LogP contribution is 2.08. The predicted molar refractivity (Wildman–Crippen MR) is 53.2 cm³/mol. The van der Waals surface area contributed by atoms with E-state index in [-0.39, 0.29) is 0 Å². The Labute approximate surface area is 86.1 Å². The van der Waals surface area contributed by atoms with Crippen LogP contribution in [0.3, 0.4) is 0 Å². The lowest BCUT2D eigenvalue weighted by Gasteiger charge is -2.04. The maximum absolute atomic E-state index is 10.4. The number of benzene rings is 1. The highest BCUT2D eigenvalue weighted by Gasteiger charge is 2.12. The molecule has 82 valence electrons. The minimum atomic E-state index is -1.33. The van der Waals surface area contributed by atoms with Gasteiger partial charge in [-0.15, -0.1) is 0 Å². The summed E-state index contributed by atoms with van der Waals surface area (Å²) in [6, 6.07) is 7.82. The van der Waals surface area contributed by atoms with Gasteiger partial charge in [0.15, 0.2) is 0 Å². The van der Waals surface area contributed by atoms with Gasteiger partial charge in [0.25, 0.3) is 0 Å². The molecular formula is C9H12N2O4. The Balaban J connectivity index is 0.000000423. The molecule has 0 heterocycles.